The highest BCUT2D eigenvalue weighted by Gasteiger charge is 2.23. The van der Waals surface area contributed by atoms with Crippen molar-refractivity contribution in [1.82, 2.24) is 15.1 Å². The van der Waals surface area contributed by atoms with Gasteiger partial charge < -0.3 is 5.32 Å². The van der Waals surface area contributed by atoms with Gasteiger partial charge in [0.1, 0.15) is 0 Å². The van der Waals surface area contributed by atoms with Crippen molar-refractivity contribution in [2.75, 3.05) is 6.54 Å². The summed E-state index contributed by atoms with van der Waals surface area (Å²) in [5.41, 5.74) is 3.68. The topological polar surface area (TPSA) is 29.9 Å². The molecule has 0 saturated heterocycles. The molecule has 0 aliphatic carbocycles. The average molecular weight is 298 g/mol. The first-order chi connectivity index (χ1) is 9.19. The van der Waals surface area contributed by atoms with Gasteiger partial charge in [-0.1, -0.05) is 25.4 Å². The number of thiophene rings is 1. The first-order valence-corrected chi connectivity index (χ1v) is 7.98. The highest BCUT2D eigenvalue weighted by Crippen LogP contribution is 2.31. The van der Waals surface area contributed by atoms with Crippen LogP contribution in [0.25, 0.3) is 0 Å². The van der Waals surface area contributed by atoms with Crippen LogP contribution in [0.3, 0.4) is 0 Å². The van der Waals surface area contributed by atoms with Crippen molar-refractivity contribution >= 4 is 22.9 Å². The van der Waals surface area contributed by atoms with E-state index < -0.39 is 0 Å². The summed E-state index contributed by atoms with van der Waals surface area (Å²) in [4.78, 5) is 0. The third-order valence-electron chi connectivity index (χ3n) is 3.16. The Hall–Kier alpha value is -0.840. The molecular formula is C14H20ClN3S. The largest absolute Gasteiger partial charge is 0.305 e. The Kier molecular flexibility index (Phi) is 5.02. The van der Waals surface area contributed by atoms with Gasteiger partial charge in [-0.2, -0.15) is 16.4 Å². The van der Waals surface area contributed by atoms with E-state index in [1.165, 1.54) is 11.1 Å². The van der Waals surface area contributed by atoms with Gasteiger partial charge in [0.25, 0.3) is 0 Å². The lowest BCUT2D eigenvalue weighted by Gasteiger charge is -2.20. The van der Waals surface area contributed by atoms with Crippen LogP contribution in [-0.4, -0.2) is 16.3 Å². The molecule has 0 aliphatic heterocycles. The van der Waals surface area contributed by atoms with Gasteiger partial charge in [0.15, 0.2) is 0 Å². The van der Waals surface area contributed by atoms with E-state index in [2.05, 4.69) is 41.9 Å². The fraction of sp³-hybridized carbons (Fsp3) is 0.500. The third-order valence-corrected chi connectivity index (χ3v) is 4.33. The minimum absolute atomic E-state index is 0.123. The Labute approximate surface area is 123 Å². The molecule has 0 bridgehead atoms. The van der Waals surface area contributed by atoms with Gasteiger partial charge >= 0.3 is 0 Å². The molecule has 1 atom stereocenters. The molecule has 2 aromatic rings. The zero-order chi connectivity index (χ0) is 13.8. The number of rotatable bonds is 6. The standard InChI is InChI=1S/C14H20ClN3S/c1-4-6-18-14(12(15)7-17-18)13(16-5-2)11-9-19-8-10(11)3/h7-9,13,16H,4-6H2,1-3H3. The number of aryl methyl sites for hydroxylation is 2. The molecule has 0 aromatic carbocycles. The van der Waals surface area contributed by atoms with Crippen LogP contribution in [0.4, 0.5) is 0 Å². The molecule has 2 heterocycles. The molecule has 19 heavy (non-hydrogen) atoms. The van der Waals surface area contributed by atoms with E-state index in [1.54, 1.807) is 17.5 Å². The molecule has 3 nitrogen and oxygen atoms in total. The van der Waals surface area contributed by atoms with Crippen LogP contribution >= 0.6 is 22.9 Å². The van der Waals surface area contributed by atoms with Crippen LogP contribution in [-0.2, 0) is 6.54 Å². The molecule has 0 radical (unpaired) electrons. The second kappa shape index (κ2) is 6.55. The summed E-state index contributed by atoms with van der Waals surface area (Å²) in [6.07, 6.45) is 2.80. The van der Waals surface area contributed by atoms with Gasteiger partial charge in [-0.15, -0.1) is 0 Å². The van der Waals surface area contributed by atoms with Gasteiger partial charge in [-0.25, -0.2) is 0 Å². The van der Waals surface area contributed by atoms with Crippen molar-refractivity contribution in [2.24, 2.45) is 0 Å². The summed E-state index contributed by atoms with van der Waals surface area (Å²) < 4.78 is 2.02. The lowest BCUT2D eigenvalue weighted by Crippen LogP contribution is -2.25. The highest BCUT2D eigenvalue weighted by molar-refractivity contribution is 7.08. The maximum atomic E-state index is 6.36. The van der Waals surface area contributed by atoms with Gasteiger partial charge in [-0.3, -0.25) is 4.68 Å². The summed E-state index contributed by atoms with van der Waals surface area (Å²) >= 11 is 8.09. The van der Waals surface area contributed by atoms with Crippen LogP contribution in [0.1, 0.15) is 43.1 Å². The third kappa shape index (κ3) is 3.02. The summed E-state index contributed by atoms with van der Waals surface area (Å²) in [5.74, 6) is 0. The zero-order valence-corrected chi connectivity index (χ0v) is 13.2. The van der Waals surface area contributed by atoms with Gasteiger partial charge in [-0.05, 0) is 41.8 Å². The van der Waals surface area contributed by atoms with Crippen LogP contribution in [0.2, 0.25) is 5.02 Å². The van der Waals surface area contributed by atoms with Crippen molar-refractivity contribution < 1.29 is 0 Å². The molecule has 0 fully saturated rings. The van der Waals surface area contributed by atoms with E-state index in [0.717, 1.165) is 30.2 Å². The average Bonchev–Trinajstić information content (AvgIpc) is 2.95. The predicted octanol–water partition coefficient (Wildman–Crippen LogP) is 4.02. The van der Waals surface area contributed by atoms with Crippen LogP contribution in [0.5, 0.6) is 0 Å². The Morgan fingerprint density at radius 3 is 2.79 bits per heavy atom. The number of hydrogen-bond acceptors (Lipinski definition) is 3. The van der Waals surface area contributed by atoms with E-state index in [9.17, 15) is 0 Å². The van der Waals surface area contributed by atoms with Gasteiger partial charge in [0.05, 0.1) is 23.0 Å². The molecule has 104 valence electrons. The molecule has 2 rings (SSSR count). The molecule has 0 saturated carbocycles. The molecule has 0 amide bonds. The van der Waals surface area contributed by atoms with Crippen molar-refractivity contribution in [3.8, 4) is 0 Å². The van der Waals surface area contributed by atoms with Crippen molar-refractivity contribution in [3.05, 3.63) is 38.8 Å². The minimum atomic E-state index is 0.123. The van der Waals surface area contributed by atoms with Crippen LogP contribution < -0.4 is 5.32 Å². The zero-order valence-electron chi connectivity index (χ0n) is 11.6. The fourth-order valence-corrected chi connectivity index (χ4v) is 3.40. The Morgan fingerprint density at radius 1 is 1.42 bits per heavy atom. The molecule has 0 spiro atoms. The first kappa shape index (κ1) is 14.6. The maximum absolute atomic E-state index is 6.36. The summed E-state index contributed by atoms with van der Waals surface area (Å²) in [7, 11) is 0. The second-order valence-corrected chi connectivity index (χ2v) is 5.75. The van der Waals surface area contributed by atoms with Gasteiger partial charge in [0, 0.05) is 6.54 Å². The van der Waals surface area contributed by atoms with E-state index in [-0.39, 0.29) is 6.04 Å². The molecule has 5 heteroatoms. The summed E-state index contributed by atoms with van der Waals surface area (Å²) in [6.45, 7) is 8.20. The van der Waals surface area contributed by atoms with Crippen molar-refractivity contribution in [3.63, 3.8) is 0 Å². The molecule has 2 aromatic heterocycles. The van der Waals surface area contributed by atoms with E-state index >= 15 is 0 Å². The monoisotopic (exact) mass is 297 g/mol. The number of aromatic nitrogens is 2. The van der Waals surface area contributed by atoms with Crippen LogP contribution in [0, 0.1) is 6.92 Å². The number of nitrogens with zero attached hydrogens (tertiary/aromatic N) is 2. The minimum Gasteiger partial charge on any atom is -0.305 e. The lowest BCUT2D eigenvalue weighted by molar-refractivity contribution is 0.520. The summed E-state index contributed by atoms with van der Waals surface area (Å²) in [6, 6.07) is 0.123. The quantitative estimate of drug-likeness (QED) is 0.873. The van der Waals surface area contributed by atoms with Crippen molar-refractivity contribution in [1.29, 1.82) is 0 Å². The molecular weight excluding hydrogens is 278 g/mol. The SMILES string of the molecule is CCCn1ncc(Cl)c1C(NCC)c1cscc1C. The molecule has 0 aliphatic rings. The fourth-order valence-electron chi connectivity index (χ4n) is 2.27. The Morgan fingerprint density at radius 2 is 2.21 bits per heavy atom. The van der Waals surface area contributed by atoms with E-state index in [0.29, 0.717) is 0 Å². The van der Waals surface area contributed by atoms with Crippen molar-refractivity contribution in [2.45, 2.75) is 39.8 Å². The highest BCUT2D eigenvalue weighted by atomic mass is 35.5. The predicted molar refractivity (Wildman–Crippen MR) is 82.1 cm³/mol. The Balaban J connectivity index is 2.44. The maximum Gasteiger partial charge on any atom is 0.0837 e. The van der Waals surface area contributed by atoms with Gasteiger partial charge in [0.2, 0.25) is 0 Å². The number of nitrogens with one attached hydrogen (secondary N) is 1. The second-order valence-electron chi connectivity index (χ2n) is 4.60. The lowest BCUT2D eigenvalue weighted by atomic mass is 10.0. The number of halogens is 1. The normalized spacial score (nSPS) is 12.8. The Bertz CT molecular complexity index is 533. The molecule has 1 unspecified atom stereocenters. The van der Waals surface area contributed by atoms with Crippen LogP contribution in [0.15, 0.2) is 17.0 Å². The smallest absolute Gasteiger partial charge is 0.0837 e. The van der Waals surface area contributed by atoms with E-state index in [4.69, 9.17) is 11.6 Å². The number of hydrogen-bond donors (Lipinski definition) is 1. The van der Waals surface area contributed by atoms with E-state index in [1.807, 2.05) is 4.68 Å². The summed E-state index contributed by atoms with van der Waals surface area (Å²) in [5, 5.41) is 13.0. The first-order valence-electron chi connectivity index (χ1n) is 6.66. The molecule has 1 N–H and O–H groups in total.